The molecule has 1 atom stereocenters. The number of nitrogens with zero attached hydrogens (tertiary/aromatic N) is 3. The average molecular weight is 410 g/mol. The zero-order valence-corrected chi connectivity index (χ0v) is 16.8. The summed E-state index contributed by atoms with van der Waals surface area (Å²) in [6, 6.07) is 28.3. The minimum atomic E-state index is -2.38. The van der Waals surface area contributed by atoms with E-state index in [4.69, 9.17) is 9.31 Å². The van der Waals surface area contributed by atoms with Gasteiger partial charge in [0.25, 0.3) is 0 Å². The molecule has 2 aliphatic heterocycles. The molecule has 0 saturated carbocycles. The third kappa shape index (κ3) is 3.28. The van der Waals surface area contributed by atoms with Crippen LogP contribution in [0.25, 0.3) is 0 Å². The van der Waals surface area contributed by atoms with E-state index in [1.807, 2.05) is 91.0 Å². The molecule has 0 aliphatic carbocycles. The summed E-state index contributed by atoms with van der Waals surface area (Å²) < 4.78 is 13.8. The number of fused-ring (bicyclic) bond motifs is 1. The maximum absolute atomic E-state index is 13.0. The van der Waals surface area contributed by atoms with Crippen LogP contribution in [-0.2, 0) is 14.1 Å². The standard InChI is InChI=1S/C23H19BN4O3/c1-17-21(26-25-20-15-9-4-10-16-20)23(29)31-24(19-13-7-3-8-14-19)28(17)27-22(30-24)18-11-5-2-6-12-18/h2-16,25H,1H3/b26-21-. The maximum Gasteiger partial charge on any atom is 0.712 e. The average Bonchev–Trinajstić information content (AvgIpc) is 3.22. The van der Waals surface area contributed by atoms with E-state index in [-0.39, 0.29) is 5.71 Å². The molecule has 0 bridgehead atoms. The first kappa shape index (κ1) is 18.8. The molecular weight excluding hydrogens is 391 g/mol. The van der Waals surface area contributed by atoms with E-state index >= 15 is 0 Å². The summed E-state index contributed by atoms with van der Waals surface area (Å²) in [4.78, 5) is 13.0. The first-order valence-corrected chi connectivity index (χ1v) is 9.96. The number of para-hydroxylation sites is 1. The lowest BCUT2D eigenvalue weighted by atomic mass is 9.62. The number of carbonyl (C=O) groups is 1. The van der Waals surface area contributed by atoms with Gasteiger partial charge in [-0.05, 0) is 34.8 Å². The Bertz CT molecular complexity index is 1230. The van der Waals surface area contributed by atoms with Crippen LogP contribution < -0.4 is 10.9 Å². The number of rotatable bonds is 4. The molecule has 0 aromatic heterocycles. The van der Waals surface area contributed by atoms with Gasteiger partial charge in [-0.3, -0.25) is 5.43 Å². The molecule has 0 radical (unpaired) electrons. The molecule has 152 valence electrons. The largest absolute Gasteiger partial charge is 0.712 e. The zero-order valence-electron chi connectivity index (χ0n) is 16.8. The molecule has 3 aromatic rings. The monoisotopic (exact) mass is 410 g/mol. The van der Waals surface area contributed by atoms with Crippen molar-refractivity contribution in [2.24, 2.45) is 10.2 Å². The maximum atomic E-state index is 13.0. The van der Waals surface area contributed by atoms with Gasteiger partial charge in [-0.25, -0.2) is 9.39 Å². The molecule has 2 aliphatic rings. The van der Waals surface area contributed by atoms with Gasteiger partial charge in [-0.15, -0.1) is 0 Å². The van der Waals surface area contributed by atoms with Crippen molar-refractivity contribution in [1.82, 2.24) is 0 Å². The number of hydrogen-bond acceptors (Lipinski definition) is 6. The van der Waals surface area contributed by atoms with E-state index in [0.29, 0.717) is 17.1 Å². The van der Waals surface area contributed by atoms with E-state index in [1.54, 1.807) is 11.5 Å². The zero-order chi connectivity index (χ0) is 21.3. The fourth-order valence-corrected chi connectivity index (χ4v) is 3.70. The van der Waals surface area contributed by atoms with Crippen LogP contribution in [0.2, 0.25) is 0 Å². The van der Waals surface area contributed by atoms with E-state index < -0.39 is 12.7 Å². The lowest BCUT2D eigenvalue weighted by Crippen LogP contribution is -2.66. The molecule has 0 saturated heterocycles. The number of anilines is 1. The summed E-state index contributed by atoms with van der Waals surface area (Å²) in [5.41, 5.74) is 5.84. The molecule has 1 N–H and O–H groups in total. The molecule has 0 fully saturated rings. The second-order valence-corrected chi connectivity index (χ2v) is 7.25. The number of hydrazone groups is 2. The Hall–Kier alpha value is -4.20. The summed E-state index contributed by atoms with van der Waals surface area (Å²) in [5, 5.41) is 8.98. The first-order valence-electron chi connectivity index (χ1n) is 9.96. The van der Waals surface area contributed by atoms with E-state index in [9.17, 15) is 4.79 Å². The van der Waals surface area contributed by atoms with Crippen molar-refractivity contribution in [1.29, 1.82) is 0 Å². The highest BCUT2D eigenvalue weighted by molar-refractivity contribution is 6.83. The third-order valence-corrected chi connectivity index (χ3v) is 5.25. The molecule has 3 aromatic carbocycles. The van der Waals surface area contributed by atoms with Crippen molar-refractivity contribution in [3.05, 3.63) is 96.6 Å². The molecule has 0 amide bonds. The van der Waals surface area contributed by atoms with E-state index in [0.717, 1.165) is 11.3 Å². The summed E-state index contributed by atoms with van der Waals surface area (Å²) >= 11 is 0. The van der Waals surface area contributed by atoms with Gasteiger partial charge >= 0.3 is 12.7 Å². The Morgan fingerprint density at radius 2 is 1.48 bits per heavy atom. The van der Waals surface area contributed by atoms with Gasteiger partial charge in [0.15, 0.2) is 5.71 Å². The first-order chi connectivity index (χ1) is 15.2. The highest BCUT2D eigenvalue weighted by atomic mass is 16.7. The topological polar surface area (TPSA) is 75.3 Å². The number of hydrogen-bond donors (Lipinski definition) is 1. The van der Waals surface area contributed by atoms with E-state index in [2.05, 4.69) is 15.6 Å². The van der Waals surface area contributed by atoms with Gasteiger partial charge in [0.2, 0.25) is 11.6 Å². The highest BCUT2D eigenvalue weighted by Crippen LogP contribution is 2.25. The molecule has 7 nitrogen and oxygen atoms in total. The van der Waals surface area contributed by atoms with E-state index in [1.165, 1.54) is 0 Å². The molecular formula is C23H19BN4O3. The number of carbonyl (C=O) groups excluding carboxylic acids is 1. The van der Waals surface area contributed by atoms with Gasteiger partial charge < -0.3 is 9.31 Å². The Kier molecular flexibility index (Phi) is 4.59. The van der Waals surface area contributed by atoms with Crippen LogP contribution in [0, 0.1) is 0 Å². The van der Waals surface area contributed by atoms with Crippen molar-refractivity contribution in [2.45, 2.75) is 6.92 Å². The predicted molar refractivity (Wildman–Crippen MR) is 120 cm³/mol. The van der Waals surface area contributed by atoms with Crippen LogP contribution in [0.5, 0.6) is 0 Å². The van der Waals surface area contributed by atoms with Crippen molar-refractivity contribution in [3.63, 3.8) is 0 Å². The van der Waals surface area contributed by atoms with Crippen LogP contribution in [0.1, 0.15) is 12.5 Å². The minimum absolute atomic E-state index is 0.138. The number of nitrogens with one attached hydrogen (secondary N) is 1. The van der Waals surface area contributed by atoms with Crippen LogP contribution in [0.3, 0.4) is 0 Å². The lowest BCUT2D eigenvalue weighted by Gasteiger charge is -2.32. The fourth-order valence-electron chi connectivity index (χ4n) is 3.70. The van der Waals surface area contributed by atoms with Crippen LogP contribution >= 0.6 is 0 Å². The lowest BCUT2D eigenvalue weighted by molar-refractivity contribution is -0.421. The second kappa shape index (κ2) is 7.57. The number of benzene rings is 3. The van der Waals surface area contributed by atoms with Crippen LogP contribution in [0.4, 0.5) is 5.69 Å². The Morgan fingerprint density at radius 3 is 2.16 bits per heavy atom. The third-order valence-electron chi connectivity index (χ3n) is 5.25. The van der Waals surface area contributed by atoms with Gasteiger partial charge in [0.1, 0.15) is 0 Å². The summed E-state index contributed by atoms with van der Waals surface area (Å²) in [6.45, 7) is -0.592. The van der Waals surface area contributed by atoms with Gasteiger partial charge in [0.05, 0.1) is 5.69 Å². The van der Waals surface area contributed by atoms with Crippen molar-refractivity contribution in [2.75, 3.05) is 5.43 Å². The molecule has 5 rings (SSSR count). The highest BCUT2D eigenvalue weighted by Gasteiger charge is 2.61. The van der Waals surface area contributed by atoms with Crippen LogP contribution in [0.15, 0.2) is 101 Å². The quantitative estimate of drug-likeness (QED) is 0.530. The smallest absolute Gasteiger partial charge is 0.599 e. The molecule has 2 heterocycles. The van der Waals surface area contributed by atoms with Crippen LogP contribution in [-0.4, -0.2) is 34.6 Å². The predicted octanol–water partition coefficient (Wildman–Crippen LogP) is 2.72. The Labute approximate surface area is 179 Å². The van der Waals surface area contributed by atoms with Gasteiger partial charge in [-0.2, -0.15) is 5.10 Å². The van der Waals surface area contributed by atoms with Crippen molar-refractivity contribution < 1.29 is 18.7 Å². The van der Waals surface area contributed by atoms with Gasteiger partial charge in [-0.1, -0.05) is 66.7 Å². The van der Waals surface area contributed by atoms with Gasteiger partial charge in [0, 0.05) is 12.5 Å². The summed E-state index contributed by atoms with van der Waals surface area (Å²) in [7, 11) is 0. The second-order valence-electron chi connectivity index (χ2n) is 7.25. The fraction of sp³-hybridized carbons (Fsp3) is 0.0435. The Balaban J connectivity index is 1.63. The molecule has 1 unspecified atom stereocenters. The molecule has 8 heteroatoms. The normalized spacial score (nSPS) is 21.3. The Morgan fingerprint density at radius 1 is 0.871 bits per heavy atom. The van der Waals surface area contributed by atoms with Crippen molar-refractivity contribution >= 4 is 41.1 Å². The summed E-state index contributed by atoms with van der Waals surface area (Å²) in [6.07, 6.45) is 0. The van der Waals surface area contributed by atoms with Crippen molar-refractivity contribution in [3.8, 4) is 0 Å². The minimum Gasteiger partial charge on any atom is -0.599 e. The SMILES string of the molecule is CC1=[N+]2N=C(c3ccccc3)O[B-]2(c2ccccc2)OC(=O)/C1=N\Nc1ccccc1. The molecule has 31 heavy (non-hydrogen) atoms. The molecule has 0 spiro atoms. The summed E-state index contributed by atoms with van der Waals surface area (Å²) in [5.74, 6) is -0.195.